The van der Waals surface area contributed by atoms with Gasteiger partial charge < -0.3 is 20.7 Å². The van der Waals surface area contributed by atoms with Gasteiger partial charge in [-0.3, -0.25) is 4.79 Å². The molecule has 1 unspecified atom stereocenters. The maximum Gasteiger partial charge on any atom is 0.242 e. The molecule has 0 bridgehead atoms. The van der Waals surface area contributed by atoms with Gasteiger partial charge in [-0.2, -0.15) is 0 Å². The van der Waals surface area contributed by atoms with Crippen molar-refractivity contribution in [2.75, 3.05) is 24.7 Å². The van der Waals surface area contributed by atoms with Crippen molar-refractivity contribution in [2.45, 2.75) is 39.4 Å². The van der Waals surface area contributed by atoms with Crippen LogP contribution < -0.4 is 16.0 Å². The van der Waals surface area contributed by atoms with Crippen LogP contribution in [0.5, 0.6) is 0 Å². The van der Waals surface area contributed by atoms with Crippen molar-refractivity contribution in [3.8, 4) is 0 Å². The molecule has 0 aromatic carbocycles. The van der Waals surface area contributed by atoms with Crippen LogP contribution in [0.3, 0.4) is 0 Å². The number of amides is 1. The lowest BCUT2D eigenvalue weighted by Crippen LogP contribution is -2.53. The van der Waals surface area contributed by atoms with E-state index in [9.17, 15) is 4.79 Å². The van der Waals surface area contributed by atoms with Crippen molar-refractivity contribution in [2.24, 2.45) is 5.73 Å². The predicted octanol–water partition coefficient (Wildman–Crippen LogP) is 0.579. The summed E-state index contributed by atoms with van der Waals surface area (Å²) in [6.45, 7) is 8.56. The molecule has 6 nitrogen and oxygen atoms in total. The van der Waals surface area contributed by atoms with Gasteiger partial charge >= 0.3 is 0 Å². The van der Waals surface area contributed by atoms with Crippen LogP contribution in [0.25, 0.3) is 0 Å². The first-order valence-corrected chi connectivity index (χ1v) is 7.31. The quantitative estimate of drug-likeness (QED) is 0.830. The average molecular weight is 292 g/mol. The largest absolute Gasteiger partial charge is 0.377 e. The summed E-state index contributed by atoms with van der Waals surface area (Å²) in [5, 5.41) is 3.37. The van der Waals surface area contributed by atoms with E-state index in [0.717, 1.165) is 23.5 Å². The van der Waals surface area contributed by atoms with Crippen LogP contribution in [-0.4, -0.2) is 42.7 Å². The zero-order valence-corrected chi connectivity index (χ0v) is 12.9. The van der Waals surface area contributed by atoms with Crippen molar-refractivity contribution in [3.05, 3.63) is 23.4 Å². The number of rotatable bonds is 5. The summed E-state index contributed by atoms with van der Waals surface area (Å²) in [4.78, 5) is 18.0. The summed E-state index contributed by atoms with van der Waals surface area (Å²) >= 11 is 0. The lowest BCUT2D eigenvalue weighted by Gasteiger charge is -2.35. The van der Waals surface area contributed by atoms with Crippen LogP contribution in [0.1, 0.15) is 25.0 Å². The highest BCUT2D eigenvalue weighted by Crippen LogP contribution is 2.22. The molecule has 116 valence electrons. The lowest BCUT2D eigenvalue weighted by atomic mass is 10.1. The molecule has 1 amide bonds. The van der Waals surface area contributed by atoms with Gasteiger partial charge in [0.25, 0.3) is 0 Å². The van der Waals surface area contributed by atoms with Gasteiger partial charge in [-0.05, 0) is 24.1 Å². The molecule has 0 spiro atoms. The Morgan fingerprint density at radius 2 is 2.38 bits per heavy atom. The topological polar surface area (TPSA) is 80.5 Å². The summed E-state index contributed by atoms with van der Waals surface area (Å²) < 4.78 is 5.34. The molecule has 1 fully saturated rings. The Labute approximate surface area is 125 Å². The Balaban J connectivity index is 2.17. The molecule has 1 aromatic rings. The van der Waals surface area contributed by atoms with Crippen LogP contribution in [0.4, 0.5) is 5.82 Å². The molecule has 1 atom stereocenters. The highest BCUT2D eigenvalue weighted by molar-refractivity contribution is 5.84. The number of nitrogens with one attached hydrogen (secondary N) is 1. The van der Waals surface area contributed by atoms with Gasteiger partial charge in [0.15, 0.2) is 0 Å². The minimum absolute atomic E-state index is 0.326. The maximum atomic E-state index is 11.6. The second-order valence-electron chi connectivity index (χ2n) is 5.71. The number of hydrogen-bond donors (Lipinski definition) is 2. The summed E-state index contributed by atoms with van der Waals surface area (Å²) in [5.41, 5.74) is 7.64. The number of ether oxygens (including phenoxy) is 1. The van der Waals surface area contributed by atoms with Gasteiger partial charge in [0.1, 0.15) is 11.9 Å². The highest BCUT2D eigenvalue weighted by atomic mass is 16.5. The Morgan fingerprint density at radius 1 is 1.62 bits per heavy atom. The summed E-state index contributed by atoms with van der Waals surface area (Å²) in [7, 11) is 0. The van der Waals surface area contributed by atoms with Crippen molar-refractivity contribution in [1.82, 2.24) is 10.3 Å². The fraction of sp³-hybridized carbons (Fsp3) is 0.600. The smallest absolute Gasteiger partial charge is 0.242 e. The van der Waals surface area contributed by atoms with Crippen LogP contribution in [0.15, 0.2) is 12.3 Å². The Hall–Kier alpha value is -1.66. The monoisotopic (exact) mass is 292 g/mol. The Bertz CT molecular complexity index is 504. The average Bonchev–Trinajstić information content (AvgIpc) is 2.45. The Kier molecular flexibility index (Phi) is 5.14. The summed E-state index contributed by atoms with van der Waals surface area (Å²) in [6, 6.07) is 2.10. The molecule has 1 aliphatic heterocycles. The second kappa shape index (κ2) is 6.87. The Morgan fingerprint density at radius 3 is 3.00 bits per heavy atom. The van der Waals surface area contributed by atoms with E-state index in [1.165, 1.54) is 0 Å². The SMILES string of the molecule is Cc1cc(CNC(C)C)cnc1N1CCOCC1C(N)=O. The maximum absolute atomic E-state index is 11.6. The number of carbonyl (C=O) groups excluding carboxylic acids is 1. The van der Waals surface area contributed by atoms with E-state index in [1.54, 1.807) is 0 Å². The number of hydrogen-bond acceptors (Lipinski definition) is 5. The van der Waals surface area contributed by atoms with E-state index in [4.69, 9.17) is 10.5 Å². The van der Waals surface area contributed by atoms with Gasteiger partial charge in [-0.1, -0.05) is 13.8 Å². The zero-order valence-electron chi connectivity index (χ0n) is 12.9. The van der Waals surface area contributed by atoms with Crippen LogP contribution in [0, 0.1) is 6.92 Å². The predicted molar refractivity (Wildman–Crippen MR) is 82.1 cm³/mol. The van der Waals surface area contributed by atoms with Crippen LogP contribution >= 0.6 is 0 Å². The number of nitrogens with zero attached hydrogens (tertiary/aromatic N) is 2. The number of aromatic nitrogens is 1. The van der Waals surface area contributed by atoms with E-state index in [1.807, 2.05) is 18.0 Å². The zero-order chi connectivity index (χ0) is 15.4. The highest BCUT2D eigenvalue weighted by Gasteiger charge is 2.29. The lowest BCUT2D eigenvalue weighted by molar-refractivity contribution is -0.121. The molecule has 6 heteroatoms. The van der Waals surface area contributed by atoms with Gasteiger partial charge in [0.05, 0.1) is 13.2 Å². The van der Waals surface area contributed by atoms with Crippen LogP contribution in [-0.2, 0) is 16.1 Å². The third kappa shape index (κ3) is 3.92. The molecular formula is C15H24N4O2. The van der Waals surface area contributed by atoms with Gasteiger partial charge in [0.2, 0.25) is 5.91 Å². The number of primary amides is 1. The fourth-order valence-corrected chi connectivity index (χ4v) is 2.44. The molecule has 3 N–H and O–H groups in total. The molecule has 2 rings (SSSR count). The second-order valence-corrected chi connectivity index (χ2v) is 5.71. The van der Waals surface area contributed by atoms with Crippen LogP contribution in [0.2, 0.25) is 0 Å². The third-order valence-electron chi connectivity index (χ3n) is 3.55. The molecule has 1 saturated heterocycles. The third-order valence-corrected chi connectivity index (χ3v) is 3.55. The first kappa shape index (κ1) is 15.7. The first-order chi connectivity index (χ1) is 9.99. The normalized spacial score (nSPS) is 19.0. The minimum atomic E-state index is -0.440. The first-order valence-electron chi connectivity index (χ1n) is 7.31. The molecule has 21 heavy (non-hydrogen) atoms. The van der Waals surface area contributed by atoms with Gasteiger partial charge in [-0.25, -0.2) is 4.98 Å². The molecule has 2 heterocycles. The number of pyridine rings is 1. The van der Waals surface area contributed by atoms with E-state index in [-0.39, 0.29) is 5.91 Å². The van der Waals surface area contributed by atoms with Gasteiger partial charge in [0, 0.05) is 25.3 Å². The molecular weight excluding hydrogens is 268 g/mol. The van der Waals surface area contributed by atoms with E-state index in [2.05, 4.69) is 30.2 Å². The van der Waals surface area contributed by atoms with E-state index < -0.39 is 6.04 Å². The fourth-order valence-electron chi connectivity index (χ4n) is 2.44. The number of anilines is 1. The standard InChI is InChI=1S/C15H24N4O2/c1-10(2)17-7-12-6-11(3)15(18-8-12)19-4-5-21-9-13(19)14(16)20/h6,8,10,13,17H,4-5,7,9H2,1-3H3,(H2,16,20). The van der Waals surface area contributed by atoms with E-state index >= 15 is 0 Å². The number of nitrogens with two attached hydrogens (primary N) is 1. The van der Waals surface area contributed by atoms with Crippen molar-refractivity contribution in [3.63, 3.8) is 0 Å². The van der Waals surface area contributed by atoms with E-state index in [0.29, 0.717) is 25.8 Å². The molecule has 0 aliphatic carbocycles. The van der Waals surface area contributed by atoms with Crippen molar-refractivity contribution in [1.29, 1.82) is 0 Å². The number of carbonyl (C=O) groups is 1. The van der Waals surface area contributed by atoms with Crippen molar-refractivity contribution >= 4 is 11.7 Å². The summed E-state index contributed by atoms with van der Waals surface area (Å²) in [6.07, 6.45) is 1.85. The minimum Gasteiger partial charge on any atom is -0.377 e. The molecule has 0 radical (unpaired) electrons. The van der Waals surface area contributed by atoms with Gasteiger partial charge in [-0.15, -0.1) is 0 Å². The number of morpholine rings is 1. The molecule has 1 aliphatic rings. The summed E-state index contributed by atoms with van der Waals surface area (Å²) in [5.74, 6) is 0.442. The molecule has 1 aromatic heterocycles. The number of aryl methyl sites for hydroxylation is 1. The molecule has 0 saturated carbocycles. The van der Waals surface area contributed by atoms with Crippen molar-refractivity contribution < 1.29 is 9.53 Å².